The van der Waals surface area contributed by atoms with E-state index in [1.54, 1.807) is 12.4 Å². The topological polar surface area (TPSA) is 70.2 Å². The van der Waals surface area contributed by atoms with E-state index in [9.17, 15) is 4.79 Å². The molecule has 3 heterocycles. The minimum absolute atomic E-state index is 0.0768. The Bertz CT molecular complexity index is 724. The first kappa shape index (κ1) is 16.5. The maximum absolute atomic E-state index is 12.1. The Morgan fingerprint density at radius 3 is 2.92 bits per heavy atom. The first-order valence-corrected chi connectivity index (χ1v) is 8.31. The minimum atomic E-state index is -0.181. The SMILES string of the molecule is Cc1cccnc1CNC(=O)N[C@@H]1CCN(c2ncccc2Cl)C1. The van der Waals surface area contributed by atoms with Crippen molar-refractivity contribution in [1.29, 1.82) is 0 Å². The van der Waals surface area contributed by atoms with Gasteiger partial charge in [-0.25, -0.2) is 9.78 Å². The highest BCUT2D eigenvalue weighted by molar-refractivity contribution is 6.32. The van der Waals surface area contributed by atoms with Crippen molar-refractivity contribution in [1.82, 2.24) is 20.6 Å². The average Bonchev–Trinajstić information content (AvgIpc) is 3.03. The highest BCUT2D eigenvalue weighted by Gasteiger charge is 2.25. The molecule has 0 saturated carbocycles. The van der Waals surface area contributed by atoms with Crippen LogP contribution in [0.25, 0.3) is 0 Å². The molecule has 1 saturated heterocycles. The molecule has 126 valence electrons. The van der Waals surface area contributed by atoms with Gasteiger partial charge in [0.15, 0.2) is 0 Å². The number of carbonyl (C=O) groups is 1. The normalized spacial score (nSPS) is 16.9. The zero-order chi connectivity index (χ0) is 16.9. The maximum Gasteiger partial charge on any atom is 0.315 e. The number of carbonyl (C=O) groups excluding carboxylic acids is 1. The van der Waals surface area contributed by atoms with Crippen molar-refractivity contribution in [3.8, 4) is 0 Å². The van der Waals surface area contributed by atoms with Crippen LogP contribution in [0.5, 0.6) is 0 Å². The Kier molecular flexibility index (Phi) is 5.15. The van der Waals surface area contributed by atoms with Crippen LogP contribution in [0.4, 0.5) is 10.6 Å². The fraction of sp³-hybridized carbons (Fsp3) is 0.353. The molecule has 0 aliphatic carbocycles. The largest absolute Gasteiger partial charge is 0.353 e. The number of hydrogen-bond donors (Lipinski definition) is 2. The molecule has 7 heteroatoms. The van der Waals surface area contributed by atoms with Gasteiger partial charge in [-0.05, 0) is 37.1 Å². The molecule has 2 amide bonds. The number of anilines is 1. The number of rotatable bonds is 4. The molecular weight excluding hydrogens is 326 g/mol. The van der Waals surface area contributed by atoms with Gasteiger partial charge < -0.3 is 15.5 Å². The summed E-state index contributed by atoms with van der Waals surface area (Å²) in [5.74, 6) is 0.771. The van der Waals surface area contributed by atoms with Gasteiger partial charge in [-0.3, -0.25) is 4.98 Å². The fourth-order valence-corrected chi connectivity index (χ4v) is 3.03. The summed E-state index contributed by atoms with van der Waals surface area (Å²) < 4.78 is 0. The molecule has 0 aromatic carbocycles. The van der Waals surface area contributed by atoms with Gasteiger partial charge in [-0.1, -0.05) is 17.7 Å². The number of pyridine rings is 2. The predicted molar refractivity (Wildman–Crippen MR) is 94.2 cm³/mol. The smallest absolute Gasteiger partial charge is 0.315 e. The molecule has 24 heavy (non-hydrogen) atoms. The summed E-state index contributed by atoms with van der Waals surface area (Å²) in [5, 5.41) is 6.49. The third-order valence-corrected chi connectivity index (χ3v) is 4.39. The highest BCUT2D eigenvalue weighted by atomic mass is 35.5. The Morgan fingerprint density at radius 1 is 1.33 bits per heavy atom. The highest BCUT2D eigenvalue weighted by Crippen LogP contribution is 2.25. The third kappa shape index (κ3) is 3.94. The van der Waals surface area contributed by atoms with Crippen LogP contribution in [0.2, 0.25) is 5.02 Å². The van der Waals surface area contributed by atoms with Crippen LogP contribution >= 0.6 is 11.6 Å². The Hall–Kier alpha value is -2.34. The van der Waals surface area contributed by atoms with Crippen molar-refractivity contribution < 1.29 is 4.79 Å². The van der Waals surface area contributed by atoms with Gasteiger partial charge in [-0.15, -0.1) is 0 Å². The van der Waals surface area contributed by atoms with Crippen LogP contribution in [0.3, 0.4) is 0 Å². The number of urea groups is 1. The second-order valence-electron chi connectivity index (χ2n) is 5.83. The molecule has 1 aliphatic heterocycles. The van der Waals surface area contributed by atoms with E-state index in [0.717, 1.165) is 30.0 Å². The van der Waals surface area contributed by atoms with Crippen LogP contribution < -0.4 is 15.5 Å². The van der Waals surface area contributed by atoms with Crippen molar-refractivity contribution in [2.45, 2.75) is 25.9 Å². The van der Waals surface area contributed by atoms with E-state index < -0.39 is 0 Å². The molecule has 2 aromatic heterocycles. The van der Waals surface area contributed by atoms with E-state index in [4.69, 9.17) is 11.6 Å². The van der Waals surface area contributed by atoms with Crippen LogP contribution in [-0.4, -0.2) is 35.1 Å². The second kappa shape index (κ2) is 7.49. The van der Waals surface area contributed by atoms with Gasteiger partial charge in [0, 0.05) is 31.5 Å². The van der Waals surface area contributed by atoms with Gasteiger partial charge in [0.05, 0.1) is 17.3 Å². The predicted octanol–water partition coefficient (Wildman–Crippen LogP) is 2.52. The molecule has 0 bridgehead atoms. The van der Waals surface area contributed by atoms with Crippen molar-refractivity contribution >= 4 is 23.4 Å². The first-order chi connectivity index (χ1) is 11.6. The van der Waals surface area contributed by atoms with E-state index in [-0.39, 0.29) is 12.1 Å². The molecule has 0 spiro atoms. The van der Waals surface area contributed by atoms with Crippen LogP contribution in [0, 0.1) is 6.92 Å². The van der Waals surface area contributed by atoms with Crippen molar-refractivity contribution in [3.63, 3.8) is 0 Å². The second-order valence-corrected chi connectivity index (χ2v) is 6.24. The summed E-state index contributed by atoms with van der Waals surface area (Å²) in [4.78, 5) is 22.8. The fourth-order valence-electron chi connectivity index (χ4n) is 2.78. The average molecular weight is 346 g/mol. The van der Waals surface area contributed by atoms with Gasteiger partial charge in [0.2, 0.25) is 0 Å². The summed E-state index contributed by atoms with van der Waals surface area (Å²) in [6, 6.07) is 7.39. The van der Waals surface area contributed by atoms with E-state index >= 15 is 0 Å². The number of aryl methyl sites for hydroxylation is 1. The zero-order valence-corrected chi connectivity index (χ0v) is 14.3. The third-order valence-electron chi connectivity index (χ3n) is 4.10. The molecule has 6 nitrogen and oxygen atoms in total. The molecule has 3 rings (SSSR count). The number of halogens is 1. The number of aromatic nitrogens is 2. The molecule has 1 aliphatic rings. The van der Waals surface area contributed by atoms with Gasteiger partial charge in [0.25, 0.3) is 0 Å². The summed E-state index contributed by atoms with van der Waals surface area (Å²) in [5.41, 5.74) is 1.94. The molecule has 2 N–H and O–H groups in total. The molecule has 1 atom stereocenters. The van der Waals surface area contributed by atoms with Gasteiger partial charge >= 0.3 is 6.03 Å². The molecule has 0 unspecified atom stereocenters. The van der Waals surface area contributed by atoms with Crippen molar-refractivity contribution in [2.24, 2.45) is 0 Å². The molecule has 1 fully saturated rings. The summed E-state index contributed by atoms with van der Waals surface area (Å²) in [6.07, 6.45) is 4.32. The first-order valence-electron chi connectivity index (χ1n) is 7.94. The number of nitrogens with zero attached hydrogens (tertiary/aromatic N) is 3. The Balaban J connectivity index is 1.49. The molecule has 2 aromatic rings. The maximum atomic E-state index is 12.1. The Morgan fingerprint density at radius 2 is 2.12 bits per heavy atom. The van der Waals surface area contributed by atoms with Gasteiger partial charge in [0.1, 0.15) is 5.82 Å². The molecule has 0 radical (unpaired) electrons. The number of amides is 2. The zero-order valence-electron chi connectivity index (χ0n) is 13.5. The standard InChI is InChI=1S/C17H20ClN5O/c1-12-4-2-7-19-15(12)10-21-17(24)22-13-6-9-23(11-13)16-14(18)5-3-8-20-16/h2-5,7-8,13H,6,9-11H2,1H3,(H2,21,22,24)/t13-/m1/s1. The van der Waals surface area contributed by atoms with E-state index in [0.29, 0.717) is 18.1 Å². The number of nitrogens with one attached hydrogen (secondary N) is 2. The monoisotopic (exact) mass is 345 g/mol. The van der Waals surface area contributed by atoms with E-state index in [2.05, 4.69) is 25.5 Å². The summed E-state index contributed by atoms with van der Waals surface area (Å²) >= 11 is 6.18. The van der Waals surface area contributed by atoms with Crippen molar-refractivity contribution in [3.05, 3.63) is 52.9 Å². The van der Waals surface area contributed by atoms with Crippen LogP contribution in [0.15, 0.2) is 36.7 Å². The van der Waals surface area contributed by atoms with Crippen LogP contribution in [-0.2, 0) is 6.54 Å². The van der Waals surface area contributed by atoms with Gasteiger partial charge in [-0.2, -0.15) is 0 Å². The van der Waals surface area contributed by atoms with Crippen molar-refractivity contribution in [2.75, 3.05) is 18.0 Å². The lowest BCUT2D eigenvalue weighted by atomic mass is 10.2. The lowest BCUT2D eigenvalue weighted by Gasteiger charge is -2.19. The number of hydrogen-bond acceptors (Lipinski definition) is 4. The summed E-state index contributed by atoms with van der Waals surface area (Å²) in [7, 11) is 0. The lowest BCUT2D eigenvalue weighted by molar-refractivity contribution is 0.237. The van der Waals surface area contributed by atoms with E-state index in [1.165, 1.54) is 0 Å². The minimum Gasteiger partial charge on any atom is -0.353 e. The quantitative estimate of drug-likeness (QED) is 0.893. The lowest BCUT2D eigenvalue weighted by Crippen LogP contribution is -2.43. The Labute approximate surface area is 146 Å². The molecular formula is C17H20ClN5O. The van der Waals surface area contributed by atoms with Crippen LogP contribution in [0.1, 0.15) is 17.7 Å². The summed E-state index contributed by atoms with van der Waals surface area (Å²) in [6.45, 7) is 3.92. The van der Waals surface area contributed by atoms with E-state index in [1.807, 2.05) is 31.2 Å².